The molecular weight excluding hydrogens is 227 g/mol. The number of hydrogen-bond donors (Lipinski definition) is 1. The summed E-state index contributed by atoms with van der Waals surface area (Å²) in [7, 11) is 0. The Morgan fingerprint density at radius 2 is 2.19 bits per heavy atom. The smallest absolute Gasteiger partial charge is 0.173 e. The number of nitrogens with zero attached hydrogens (tertiary/aromatic N) is 1. The molecule has 16 heavy (non-hydrogen) atoms. The molecule has 0 fully saturated rings. The van der Waals surface area contributed by atoms with E-state index in [0.29, 0.717) is 11.3 Å². The van der Waals surface area contributed by atoms with Crippen LogP contribution in [-0.4, -0.2) is 29.8 Å². The van der Waals surface area contributed by atoms with Gasteiger partial charge in [-0.15, -0.1) is 0 Å². The fraction of sp³-hybridized carbons (Fsp3) is 0.273. The fourth-order valence-electron chi connectivity index (χ4n) is 1.33. The number of ketones is 1. The Bertz CT molecular complexity index is 416. The predicted molar refractivity (Wildman–Crippen MR) is 63.5 cm³/mol. The molecular formula is C11H11FN2OS. The standard InChI is InChI=1S/C11H11FN2OS/c12-9-3-1-8(2-4-9)10(15)7-16-11-13-5-6-14-11/h1-4H,5-7H2,(H,13,14). The van der Waals surface area contributed by atoms with E-state index < -0.39 is 0 Å². The third kappa shape index (κ3) is 2.82. The van der Waals surface area contributed by atoms with Crippen molar-refractivity contribution < 1.29 is 9.18 Å². The number of halogens is 1. The molecule has 0 saturated heterocycles. The van der Waals surface area contributed by atoms with Crippen LogP contribution in [0.2, 0.25) is 0 Å². The zero-order valence-electron chi connectivity index (χ0n) is 8.57. The van der Waals surface area contributed by atoms with E-state index in [1.54, 1.807) is 0 Å². The summed E-state index contributed by atoms with van der Waals surface area (Å²) in [5, 5.41) is 3.89. The van der Waals surface area contributed by atoms with E-state index in [1.165, 1.54) is 36.0 Å². The van der Waals surface area contributed by atoms with E-state index in [9.17, 15) is 9.18 Å². The Morgan fingerprint density at radius 3 is 2.81 bits per heavy atom. The number of hydrogen-bond acceptors (Lipinski definition) is 4. The number of benzene rings is 1. The van der Waals surface area contributed by atoms with Gasteiger partial charge in [-0.2, -0.15) is 0 Å². The molecule has 1 aromatic rings. The molecule has 0 aromatic heterocycles. The molecule has 0 bridgehead atoms. The molecule has 1 heterocycles. The highest BCUT2D eigenvalue weighted by atomic mass is 32.2. The van der Waals surface area contributed by atoms with Gasteiger partial charge in [0.15, 0.2) is 11.0 Å². The monoisotopic (exact) mass is 238 g/mol. The largest absolute Gasteiger partial charge is 0.363 e. The van der Waals surface area contributed by atoms with Gasteiger partial charge >= 0.3 is 0 Å². The Labute approximate surface area is 97.1 Å². The molecule has 3 nitrogen and oxygen atoms in total. The van der Waals surface area contributed by atoms with E-state index in [-0.39, 0.29) is 11.6 Å². The molecule has 5 heteroatoms. The maximum Gasteiger partial charge on any atom is 0.173 e. The summed E-state index contributed by atoms with van der Waals surface area (Å²) in [5.41, 5.74) is 0.535. The predicted octanol–water partition coefficient (Wildman–Crippen LogP) is 1.70. The van der Waals surface area contributed by atoms with Gasteiger partial charge in [0.2, 0.25) is 0 Å². The van der Waals surface area contributed by atoms with Gasteiger partial charge in [0.25, 0.3) is 0 Å². The van der Waals surface area contributed by atoms with Crippen molar-refractivity contribution in [3.8, 4) is 0 Å². The highest BCUT2D eigenvalue weighted by molar-refractivity contribution is 8.14. The molecule has 0 saturated carbocycles. The Kier molecular flexibility index (Phi) is 3.56. The maximum absolute atomic E-state index is 12.6. The second kappa shape index (κ2) is 5.12. The number of aliphatic imine (C=N–C) groups is 1. The van der Waals surface area contributed by atoms with E-state index >= 15 is 0 Å². The lowest BCUT2D eigenvalue weighted by atomic mass is 10.1. The molecule has 0 amide bonds. The van der Waals surface area contributed by atoms with Crippen molar-refractivity contribution in [1.82, 2.24) is 5.32 Å². The Morgan fingerprint density at radius 1 is 1.44 bits per heavy atom. The van der Waals surface area contributed by atoms with Gasteiger partial charge < -0.3 is 5.32 Å². The third-order valence-corrected chi connectivity index (χ3v) is 3.10. The number of carbonyl (C=O) groups excluding carboxylic acids is 1. The van der Waals surface area contributed by atoms with Crippen LogP contribution in [0.3, 0.4) is 0 Å². The van der Waals surface area contributed by atoms with Crippen molar-refractivity contribution in [3.63, 3.8) is 0 Å². The topological polar surface area (TPSA) is 41.5 Å². The average molecular weight is 238 g/mol. The first-order valence-electron chi connectivity index (χ1n) is 4.95. The van der Waals surface area contributed by atoms with E-state index in [2.05, 4.69) is 10.3 Å². The van der Waals surface area contributed by atoms with Gasteiger partial charge in [0, 0.05) is 12.1 Å². The van der Waals surface area contributed by atoms with E-state index in [0.717, 1.165) is 18.3 Å². The first kappa shape index (κ1) is 11.1. The van der Waals surface area contributed by atoms with Gasteiger partial charge in [-0.1, -0.05) is 11.8 Å². The first-order chi connectivity index (χ1) is 7.75. The summed E-state index contributed by atoms with van der Waals surface area (Å²) in [6.07, 6.45) is 0. The molecule has 1 aromatic carbocycles. The maximum atomic E-state index is 12.6. The van der Waals surface area contributed by atoms with Crippen LogP contribution in [0.1, 0.15) is 10.4 Å². The number of carbonyl (C=O) groups is 1. The summed E-state index contributed by atoms with van der Waals surface area (Å²) < 4.78 is 12.6. The fourth-order valence-corrected chi connectivity index (χ4v) is 2.15. The average Bonchev–Trinajstić information content (AvgIpc) is 2.80. The van der Waals surface area contributed by atoms with Crippen LogP contribution in [0.15, 0.2) is 29.3 Å². The van der Waals surface area contributed by atoms with Crippen LogP contribution >= 0.6 is 11.8 Å². The van der Waals surface area contributed by atoms with E-state index in [4.69, 9.17) is 0 Å². The van der Waals surface area contributed by atoms with Gasteiger partial charge in [-0.25, -0.2) is 4.39 Å². The van der Waals surface area contributed by atoms with Crippen molar-refractivity contribution in [3.05, 3.63) is 35.6 Å². The molecule has 0 spiro atoms. The summed E-state index contributed by atoms with van der Waals surface area (Å²) in [5.74, 6) is -0.00952. The molecule has 2 rings (SSSR count). The van der Waals surface area contributed by atoms with Gasteiger partial charge in [-0.3, -0.25) is 9.79 Å². The minimum atomic E-state index is -0.328. The zero-order valence-corrected chi connectivity index (χ0v) is 9.39. The molecule has 0 atom stereocenters. The highest BCUT2D eigenvalue weighted by Gasteiger charge is 2.10. The molecule has 84 valence electrons. The number of nitrogens with one attached hydrogen (secondary N) is 1. The minimum absolute atomic E-state index is 0.0126. The molecule has 1 N–H and O–H groups in total. The van der Waals surface area contributed by atoms with Crippen LogP contribution in [0, 0.1) is 5.82 Å². The van der Waals surface area contributed by atoms with Crippen LogP contribution < -0.4 is 5.32 Å². The second-order valence-corrected chi connectivity index (χ2v) is 4.30. The normalized spacial score (nSPS) is 14.4. The van der Waals surface area contributed by atoms with Crippen LogP contribution in [0.25, 0.3) is 0 Å². The lowest BCUT2D eigenvalue weighted by Gasteiger charge is -2.01. The molecule has 1 aliphatic heterocycles. The minimum Gasteiger partial charge on any atom is -0.363 e. The summed E-state index contributed by atoms with van der Waals surface area (Å²) in [6, 6.07) is 5.59. The SMILES string of the molecule is O=C(CSC1=NCCN1)c1ccc(F)cc1. The quantitative estimate of drug-likeness (QED) is 0.815. The molecule has 1 aliphatic rings. The summed E-state index contributed by atoms with van der Waals surface area (Å²) >= 11 is 1.39. The Hall–Kier alpha value is -1.36. The number of Topliss-reactive ketones (excluding diaryl/α,β-unsaturated/α-hetero) is 1. The van der Waals surface area contributed by atoms with Crippen molar-refractivity contribution in [1.29, 1.82) is 0 Å². The molecule has 0 aliphatic carbocycles. The zero-order chi connectivity index (χ0) is 11.4. The van der Waals surface area contributed by atoms with Crippen molar-refractivity contribution in [2.75, 3.05) is 18.8 Å². The number of rotatable bonds is 3. The summed E-state index contributed by atoms with van der Waals surface area (Å²) in [6.45, 7) is 1.61. The highest BCUT2D eigenvalue weighted by Crippen LogP contribution is 2.10. The van der Waals surface area contributed by atoms with Gasteiger partial charge in [-0.05, 0) is 24.3 Å². The van der Waals surface area contributed by atoms with Crippen molar-refractivity contribution >= 4 is 22.7 Å². The first-order valence-corrected chi connectivity index (χ1v) is 5.94. The van der Waals surface area contributed by atoms with Gasteiger partial charge in [0.05, 0.1) is 12.3 Å². The van der Waals surface area contributed by atoms with Crippen LogP contribution in [-0.2, 0) is 0 Å². The lowest BCUT2D eigenvalue weighted by molar-refractivity contribution is 0.102. The van der Waals surface area contributed by atoms with Crippen molar-refractivity contribution in [2.45, 2.75) is 0 Å². The Balaban J connectivity index is 1.90. The lowest BCUT2D eigenvalue weighted by Crippen LogP contribution is -2.17. The van der Waals surface area contributed by atoms with Crippen molar-refractivity contribution in [2.24, 2.45) is 4.99 Å². The van der Waals surface area contributed by atoms with E-state index in [1.807, 2.05) is 0 Å². The van der Waals surface area contributed by atoms with Gasteiger partial charge in [0.1, 0.15) is 5.82 Å². The second-order valence-electron chi connectivity index (χ2n) is 3.33. The number of amidine groups is 1. The van der Waals surface area contributed by atoms with Crippen LogP contribution in [0.5, 0.6) is 0 Å². The molecule has 0 unspecified atom stereocenters. The summed E-state index contributed by atoms with van der Waals surface area (Å²) in [4.78, 5) is 15.9. The molecule has 0 radical (unpaired) electrons. The third-order valence-electron chi connectivity index (χ3n) is 2.15. The van der Waals surface area contributed by atoms with Crippen LogP contribution in [0.4, 0.5) is 4.39 Å². The number of thioether (sulfide) groups is 1.